The van der Waals surface area contributed by atoms with Crippen LogP contribution in [0.1, 0.15) is 18.1 Å². The van der Waals surface area contributed by atoms with Crippen molar-refractivity contribution in [2.45, 2.75) is 31.5 Å². The minimum atomic E-state index is -1.45. The molecule has 0 unspecified atom stereocenters. The van der Waals surface area contributed by atoms with Gasteiger partial charge in [0.25, 0.3) is 0 Å². The summed E-state index contributed by atoms with van der Waals surface area (Å²) in [5.41, 5.74) is 0.346. The number of aliphatic hydroxyl groups is 1. The number of imide groups is 1. The monoisotopic (exact) mass is 407 g/mol. The van der Waals surface area contributed by atoms with Gasteiger partial charge in [-0.25, -0.2) is 0 Å². The van der Waals surface area contributed by atoms with Gasteiger partial charge in [0.2, 0.25) is 17.7 Å². The second-order valence-corrected chi connectivity index (χ2v) is 8.07. The number of aryl methyl sites for hydroxylation is 1. The van der Waals surface area contributed by atoms with Gasteiger partial charge in [-0.3, -0.25) is 24.6 Å². The first-order valence-corrected chi connectivity index (χ1v) is 9.53. The first kappa shape index (κ1) is 19.3. The Labute approximate surface area is 167 Å². The van der Waals surface area contributed by atoms with Crippen LogP contribution in [0.3, 0.4) is 0 Å². The Morgan fingerprint density at radius 3 is 2.68 bits per heavy atom. The molecule has 3 amide bonds. The van der Waals surface area contributed by atoms with Crippen molar-refractivity contribution in [2.24, 2.45) is 11.8 Å². The van der Waals surface area contributed by atoms with E-state index in [-0.39, 0.29) is 13.2 Å². The molecular formula is C19H22ClN3O5. The summed E-state index contributed by atoms with van der Waals surface area (Å²) in [5.74, 6) is -3.09. The molecule has 2 saturated heterocycles. The molecule has 3 aliphatic rings. The quantitative estimate of drug-likeness (QED) is 0.623. The zero-order valence-electron chi connectivity index (χ0n) is 15.8. The average Bonchev–Trinajstić information content (AvgIpc) is 3.21. The highest BCUT2D eigenvalue weighted by molar-refractivity contribution is 6.35. The predicted octanol–water partition coefficient (Wildman–Crippen LogP) is 0.396. The van der Waals surface area contributed by atoms with Crippen molar-refractivity contribution in [3.05, 3.63) is 28.3 Å². The fraction of sp³-hybridized carbons (Fsp3) is 0.526. The van der Waals surface area contributed by atoms with Crippen LogP contribution < -0.4 is 10.6 Å². The van der Waals surface area contributed by atoms with Gasteiger partial charge < -0.3 is 15.2 Å². The molecule has 5 atom stereocenters. The van der Waals surface area contributed by atoms with Crippen LogP contribution in [0.4, 0.5) is 5.69 Å². The zero-order chi connectivity index (χ0) is 20.4. The standard InChI is InChI=1S/C19H22ClN3O5/c1-8-6-10-15(11(20)7-8)21-18(27)19(10)13-12(14(22-19)9(2)24)16(25)23(17(13)26)4-5-28-3/h6-7,9,12-14,22,24H,4-5H2,1-3H3,(H,21,27)/t9-,12+,13+,14-,19+/m1/s1. The van der Waals surface area contributed by atoms with Gasteiger partial charge in [-0.05, 0) is 25.5 Å². The molecule has 1 spiro atoms. The molecule has 0 aliphatic carbocycles. The number of halogens is 1. The number of nitrogens with zero attached hydrogens (tertiary/aromatic N) is 1. The van der Waals surface area contributed by atoms with Crippen molar-refractivity contribution in [2.75, 3.05) is 25.6 Å². The van der Waals surface area contributed by atoms with Crippen LogP contribution in [-0.2, 0) is 24.7 Å². The van der Waals surface area contributed by atoms with Gasteiger partial charge in [-0.15, -0.1) is 0 Å². The molecule has 0 saturated carbocycles. The normalized spacial score (nSPS) is 32.1. The van der Waals surface area contributed by atoms with Crippen molar-refractivity contribution in [3.63, 3.8) is 0 Å². The van der Waals surface area contributed by atoms with Gasteiger partial charge in [0.15, 0.2) is 0 Å². The summed E-state index contributed by atoms with van der Waals surface area (Å²) < 4.78 is 5.01. The van der Waals surface area contributed by atoms with E-state index >= 15 is 0 Å². The van der Waals surface area contributed by atoms with E-state index in [2.05, 4.69) is 10.6 Å². The molecule has 2 fully saturated rings. The number of aliphatic hydroxyl groups excluding tert-OH is 1. The highest BCUT2D eigenvalue weighted by Crippen LogP contribution is 2.54. The molecule has 150 valence electrons. The number of methoxy groups -OCH3 is 1. The van der Waals surface area contributed by atoms with E-state index in [4.69, 9.17) is 16.3 Å². The van der Waals surface area contributed by atoms with Gasteiger partial charge >= 0.3 is 0 Å². The molecule has 1 aromatic rings. The minimum Gasteiger partial charge on any atom is -0.392 e. The predicted molar refractivity (Wildman–Crippen MR) is 101 cm³/mol. The summed E-state index contributed by atoms with van der Waals surface area (Å²) >= 11 is 6.34. The Morgan fingerprint density at radius 2 is 2.04 bits per heavy atom. The highest BCUT2D eigenvalue weighted by atomic mass is 35.5. The lowest BCUT2D eigenvalue weighted by Gasteiger charge is -2.30. The van der Waals surface area contributed by atoms with Crippen LogP contribution in [0.25, 0.3) is 0 Å². The first-order chi connectivity index (χ1) is 13.2. The molecule has 28 heavy (non-hydrogen) atoms. The Hall–Kier alpha value is -2.00. The lowest BCUT2D eigenvalue weighted by Crippen LogP contribution is -2.55. The van der Waals surface area contributed by atoms with Crippen LogP contribution in [0.15, 0.2) is 12.1 Å². The zero-order valence-corrected chi connectivity index (χ0v) is 16.5. The Bertz CT molecular complexity index is 889. The SMILES string of the molecule is COCCN1C(=O)[C@@H]2[C@@H]([C@@H](C)O)N[C@]3(C(=O)Nc4c(Cl)cc(C)cc43)[C@@H]2C1=O. The van der Waals surface area contributed by atoms with Crippen LogP contribution in [0.5, 0.6) is 0 Å². The molecule has 8 nitrogen and oxygen atoms in total. The summed E-state index contributed by atoms with van der Waals surface area (Å²) in [7, 11) is 1.49. The smallest absolute Gasteiger partial charge is 0.250 e. The van der Waals surface area contributed by atoms with E-state index in [1.165, 1.54) is 7.11 Å². The van der Waals surface area contributed by atoms with Crippen LogP contribution >= 0.6 is 11.6 Å². The number of likely N-dealkylation sites (tertiary alicyclic amines) is 1. The number of benzene rings is 1. The highest BCUT2D eigenvalue weighted by Gasteiger charge is 2.71. The fourth-order valence-electron chi connectivity index (χ4n) is 4.80. The van der Waals surface area contributed by atoms with Crippen molar-refractivity contribution in [1.29, 1.82) is 0 Å². The summed E-state index contributed by atoms with van der Waals surface area (Å²) in [6.45, 7) is 3.69. The number of ether oxygens (including phenoxy) is 1. The molecule has 3 N–H and O–H groups in total. The van der Waals surface area contributed by atoms with Crippen molar-refractivity contribution >= 4 is 35.0 Å². The second-order valence-electron chi connectivity index (χ2n) is 7.67. The van der Waals surface area contributed by atoms with E-state index in [1.54, 1.807) is 19.1 Å². The third-order valence-corrected chi connectivity index (χ3v) is 6.28. The Balaban J connectivity index is 1.89. The fourth-order valence-corrected chi connectivity index (χ4v) is 5.12. The number of carbonyl (C=O) groups excluding carboxylic acids is 3. The number of hydrogen-bond donors (Lipinski definition) is 3. The number of hydrogen-bond acceptors (Lipinski definition) is 6. The van der Waals surface area contributed by atoms with E-state index in [0.717, 1.165) is 10.5 Å². The third kappa shape index (κ3) is 2.38. The molecule has 0 bridgehead atoms. The maximum atomic E-state index is 13.3. The summed E-state index contributed by atoms with van der Waals surface area (Å²) in [6.07, 6.45) is -0.942. The summed E-state index contributed by atoms with van der Waals surface area (Å²) in [4.78, 5) is 40.6. The van der Waals surface area contributed by atoms with Crippen LogP contribution in [0.2, 0.25) is 5.02 Å². The molecular weight excluding hydrogens is 386 g/mol. The van der Waals surface area contributed by atoms with Gasteiger partial charge in [-0.1, -0.05) is 17.7 Å². The van der Waals surface area contributed by atoms with Crippen molar-refractivity contribution in [1.82, 2.24) is 10.2 Å². The number of rotatable bonds is 4. The van der Waals surface area contributed by atoms with Crippen molar-refractivity contribution in [3.8, 4) is 0 Å². The maximum Gasteiger partial charge on any atom is 0.250 e. The topological polar surface area (TPSA) is 108 Å². The van der Waals surface area contributed by atoms with E-state index in [0.29, 0.717) is 16.3 Å². The summed E-state index contributed by atoms with van der Waals surface area (Å²) in [6, 6.07) is 2.78. The molecule has 9 heteroatoms. The summed E-state index contributed by atoms with van der Waals surface area (Å²) in [5, 5.41) is 16.6. The Kier molecular flexibility index (Phi) is 4.50. The van der Waals surface area contributed by atoms with E-state index in [9.17, 15) is 19.5 Å². The van der Waals surface area contributed by atoms with E-state index in [1.807, 2.05) is 6.92 Å². The molecule has 4 rings (SSSR count). The molecule has 0 radical (unpaired) electrons. The first-order valence-electron chi connectivity index (χ1n) is 9.16. The van der Waals surface area contributed by atoms with Gasteiger partial charge in [0.1, 0.15) is 5.54 Å². The maximum absolute atomic E-state index is 13.3. The largest absolute Gasteiger partial charge is 0.392 e. The van der Waals surface area contributed by atoms with Gasteiger partial charge in [0, 0.05) is 18.7 Å². The molecule has 0 aromatic heterocycles. The average molecular weight is 408 g/mol. The Morgan fingerprint density at radius 1 is 1.32 bits per heavy atom. The minimum absolute atomic E-state index is 0.104. The van der Waals surface area contributed by atoms with Gasteiger partial charge in [0.05, 0.1) is 41.8 Å². The lowest BCUT2D eigenvalue weighted by molar-refractivity contribution is -0.143. The number of fused-ring (bicyclic) bond motifs is 4. The molecule has 3 aliphatic heterocycles. The van der Waals surface area contributed by atoms with Crippen molar-refractivity contribution < 1.29 is 24.2 Å². The van der Waals surface area contributed by atoms with Gasteiger partial charge in [-0.2, -0.15) is 0 Å². The number of nitrogens with one attached hydrogen (secondary N) is 2. The molecule has 1 aromatic carbocycles. The second kappa shape index (κ2) is 6.52. The number of anilines is 1. The van der Waals surface area contributed by atoms with Crippen LogP contribution in [-0.4, -0.2) is 60.1 Å². The third-order valence-electron chi connectivity index (χ3n) is 5.98. The van der Waals surface area contributed by atoms with E-state index < -0.39 is 47.2 Å². The van der Waals surface area contributed by atoms with Crippen LogP contribution in [0, 0.1) is 18.8 Å². The lowest BCUT2D eigenvalue weighted by atomic mass is 9.76. The number of amides is 3. The number of carbonyl (C=O) groups is 3. The molecule has 3 heterocycles.